The van der Waals surface area contributed by atoms with Gasteiger partial charge in [-0.25, -0.2) is 0 Å². The Morgan fingerprint density at radius 1 is 1.22 bits per heavy atom. The van der Waals surface area contributed by atoms with Crippen LogP contribution in [0, 0.1) is 32.6 Å². The molecule has 2 fully saturated rings. The minimum atomic E-state index is -0.133. The lowest BCUT2D eigenvalue weighted by Gasteiger charge is -2.37. The van der Waals surface area contributed by atoms with Crippen molar-refractivity contribution in [2.75, 3.05) is 25.1 Å². The van der Waals surface area contributed by atoms with Gasteiger partial charge in [-0.2, -0.15) is 0 Å². The van der Waals surface area contributed by atoms with E-state index in [1.54, 1.807) is 32.3 Å². The second kappa shape index (κ2) is 7.20. The zero-order valence-electron chi connectivity index (χ0n) is 16.1. The fraction of sp³-hybridized carbons (Fsp3) is 0.667. The van der Waals surface area contributed by atoms with Crippen molar-refractivity contribution in [3.8, 4) is 0 Å². The van der Waals surface area contributed by atoms with Crippen LogP contribution in [0.4, 0.5) is 5.13 Å². The number of hydrogen-bond donors (Lipinski definition) is 1. The molecule has 1 saturated carbocycles. The zero-order chi connectivity index (χ0) is 19.1. The number of nitrogens with zero attached hydrogens (tertiary/aromatic N) is 4. The SMILES string of the molecule is CO[C@H]1C[C@@H]2CN(c3nnc(C)s3)C[C@@H]2C[C@@H]1NC(=O)c1c(C)noc1C. The van der Waals surface area contributed by atoms with E-state index in [2.05, 4.69) is 25.6 Å². The first-order valence-corrected chi connectivity index (χ1v) is 10.1. The minimum Gasteiger partial charge on any atom is -0.379 e. The van der Waals surface area contributed by atoms with E-state index < -0.39 is 0 Å². The molecule has 4 atom stereocenters. The fourth-order valence-electron chi connectivity index (χ4n) is 4.44. The lowest BCUT2D eigenvalue weighted by atomic mass is 9.77. The Labute approximate surface area is 162 Å². The predicted octanol–water partition coefficient (Wildman–Crippen LogP) is 2.11. The molecule has 1 aliphatic heterocycles. The molecule has 0 radical (unpaired) electrons. The Hall–Kier alpha value is -2.00. The molecular weight excluding hydrogens is 366 g/mol. The number of carbonyl (C=O) groups excluding carboxylic acids is 1. The van der Waals surface area contributed by atoms with Gasteiger partial charge in [-0.1, -0.05) is 16.5 Å². The number of anilines is 1. The van der Waals surface area contributed by atoms with Crippen molar-refractivity contribution in [1.29, 1.82) is 0 Å². The van der Waals surface area contributed by atoms with Gasteiger partial charge >= 0.3 is 0 Å². The topological polar surface area (TPSA) is 93.4 Å². The molecule has 1 amide bonds. The maximum absolute atomic E-state index is 12.8. The largest absolute Gasteiger partial charge is 0.379 e. The van der Waals surface area contributed by atoms with Gasteiger partial charge in [0.2, 0.25) is 5.13 Å². The first-order chi connectivity index (χ1) is 13.0. The van der Waals surface area contributed by atoms with Crippen molar-refractivity contribution in [2.24, 2.45) is 11.8 Å². The average molecular weight is 391 g/mol. The fourth-order valence-corrected chi connectivity index (χ4v) is 5.15. The highest BCUT2D eigenvalue weighted by Gasteiger charge is 2.43. The molecule has 27 heavy (non-hydrogen) atoms. The summed E-state index contributed by atoms with van der Waals surface area (Å²) in [4.78, 5) is 15.1. The summed E-state index contributed by atoms with van der Waals surface area (Å²) < 4.78 is 10.9. The standard InChI is InChI=1S/C18H25N5O3S/c1-9-16(10(2)26-22-9)17(24)19-14-5-12-7-23(18-21-20-11(3)27-18)8-13(12)6-15(14)25-4/h12-15H,5-8H2,1-4H3,(H,19,24)/t12-,13+,14-,15-/m0/s1. The van der Waals surface area contributed by atoms with E-state index in [4.69, 9.17) is 9.26 Å². The normalized spacial score (nSPS) is 27.6. The molecule has 0 aromatic carbocycles. The van der Waals surface area contributed by atoms with E-state index in [9.17, 15) is 4.79 Å². The summed E-state index contributed by atoms with van der Waals surface area (Å²) in [6.45, 7) is 7.45. The summed E-state index contributed by atoms with van der Waals surface area (Å²) in [6.07, 6.45) is 1.83. The predicted molar refractivity (Wildman–Crippen MR) is 101 cm³/mol. The number of ether oxygens (including phenoxy) is 1. The van der Waals surface area contributed by atoms with Gasteiger partial charge in [-0.05, 0) is 45.4 Å². The molecule has 0 unspecified atom stereocenters. The van der Waals surface area contributed by atoms with Crippen LogP contribution < -0.4 is 10.2 Å². The number of methoxy groups -OCH3 is 1. The van der Waals surface area contributed by atoms with Crippen molar-refractivity contribution in [3.63, 3.8) is 0 Å². The molecule has 8 nitrogen and oxygen atoms in total. The maximum Gasteiger partial charge on any atom is 0.257 e. The number of aryl methyl sites for hydroxylation is 3. The Bertz CT molecular complexity index is 815. The highest BCUT2D eigenvalue weighted by Crippen LogP contribution is 2.40. The number of aromatic nitrogens is 3. The number of rotatable bonds is 4. The quantitative estimate of drug-likeness (QED) is 0.853. The van der Waals surface area contributed by atoms with Crippen molar-refractivity contribution in [3.05, 3.63) is 22.0 Å². The van der Waals surface area contributed by atoms with Crippen LogP contribution in [0.25, 0.3) is 0 Å². The second-order valence-corrected chi connectivity index (χ2v) is 8.71. The summed E-state index contributed by atoms with van der Waals surface area (Å²) in [7, 11) is 1.72. The molecule has 4 rings (SSSR count). The number of hydrogen-bond acceptors (Lipinski definition) is 8. The van der Waals surface area contributed by atoms with Crippen molar-refractivity contribution >= 4 is 22.4 Å². The molecule has 1 saturated heterocycles. The summed E-state index contributed by atoms with van der Waals surface area (Å²) >= 11 is 1.64. The van der Waals surface area contributed by atoms with Crippen LogP contribution in [-0.4, -0.2) is 53.6 Å². The van der Waals surface area contributed by atoms with E-state index in [0.29, 0.717) is 28.9 Å². The molecule has 2 aliphatic rings. The smallest absolute Gasteiger partial charge is 0.257 e. The van der Waals surface area contributed by atoms with Gasteiger partial charge in [0.05, 0.1) is 17.8 Å². The van der Waals surface area contributed by atoms with Crippen LogP contribution >= 0.6 is 11.3 Å². The van der Waals surface area contributed by atoms with Gasteiger partial charge in [-0.3, -0.25) is 4.79 Å². The lowest BCUT2D eigenvalue weighted by Crippen LogP contribution is -2.50. The van der Waals surface area contributed by atoms with E-state index in [1.807, 2.05) is 6.92 Å². The number of carbonyl (C=O) groups is 1. The number of nitrogens with one attached hydrogen (secondary N) is 1. The van der Waals surface area contributed by atoms with Crippen molar-refractivity contribution in [1.82, 2.24) is 20.7 Å². The first kappa shape index (κ1) is 18.4. The second-order valence-electron chi connectivity index (χ2n) is 7.55. The monoisotopic (exact) mass is 391 g/mol. The maximum atomic E-state index is 12.8. The average Bonchev–Trinajstić information content (AvgIpc) is 3.32. The van der Waals surface area contributed by atoms with Crippen LogP contribution in [0.2, 0.25) is 0 Å². The van der Waals surface area contributed by atoms with Crippen LogP contribution in [0.15, 0.2) is 4.52 Å². The molecule has 9 heteroatoms. The van der Waals surface area contributed by atoms with Gasteiger partial charge in [-0.15, -0.1) is 10.2 Å². The van der Waals surface area contributed by atoms with Gasteiger partial charge in [0.1, 0.15) is 16.3 Å². The summed E-state index contributed by atoms with van der Waals surface area (Å²) in [6, 6.07) is -0.0199. The summed E-state index contributed by atoms with van der Waals surface area (Å²) in [5, 5.41) is 17.5. The molecule has 3 heterocycles. The molecule has 0 bridgehead atoms. The van der Waals surface area contributed by atoms with E-state index in [1.165, 1.54) is 0 Å². The minimum absolute atomic E-state index is 0.00628. The molecule has 1 aliphatic carbocycles. The molecule has 2 aromatic rings. The van der Waals surface area contributed by atoms with E-state index in [-0.39, 0.29) is 18.1 Å². The van der Waals surface area contributed by atoms with E-state index in [0.717, 1.165) is 36.1 Å². The molecule has 2 aromatic heterocycles. The summed E-state index contributed by atoms with van der Waals surface area (Å²) in [5.74, 6) is 1.47. The molecule has 0 spiro atoms. The number of fused-ring (bicyclic) bond motifs is 1. The summed E-state index contributed by atoms with van der Waals surface area (Å²) in [5.41, 5.74) is 1.15. The third-order valence-electron chi connectivity index (χ3n) is 5.78. The van der Waals surface area contributed by atoms with Crippen molar-refractivity contribution < 1.29 is 14.1 Å². The number of amides is 1. The van der Waals surface area contributed by atoms with Crippen LogP contribution in [0.3, 0.4) is 0 Å². The Kier molecular flexibility index (Phi) is 4.90. The first-order valence-electron chi connectivity index (χ1n) is 9.27. The van der Waals surface area contributed by atoms with E-state index >= 15 is 0 Å². The van der Waals surface area contributed by atoms with Gasteiger partial charge in [0, 0.05) is 20.2 Å². The highest BCUT2D eigenvalue weighted by atomic mass is 32.1. The van der Waals surface area contributed by atoms with Crippen molar-refractivity contribution in [2.45, 2.75) is 45.8 Å². The zero-order valence-corrected chi connectivity index (χ0v) is 16.9. The molecule has 1 N–H and O–H groups in total. The van der Waals surface area contributed by atoms with Gasteiger partial charge < -0.3 is 19.5 Å². The van der Waals surface area contributed by atoms with Gasteiger partial charge in [0.15, 0.2) is 0 Å². The Balaban J connectivity index is 1.46. The van der Waals surface area contributed by atoms with Crippen LogP contribution in [0.1, 0.15) is 39.7 Å². The Morgan fingerprint density at radius 3 is 2.56 bits per heavy atom. The lowest BCUT2D eigenvalue weighted by molar-refractivity contribution is 0.0125. The Morgan fingerprint density at radius 2 is 1.96 bits per heavy atom. The molecule has 146 valence electrons. The highest BCUT2D eigenvalue weighted by molar-refractivity contribution is 7.15. The molecular formula is C18H25N5O3S. The van der Waals surface area contributed by atoms with Crippen LogP contribution in [-0.2, 0) is 4.74 Å². The third-order valence-corrected chi connectivity index (χ3v) is 6.68. The van der Waals surface area contributed by atoms with Crippen LogP contribution in [0.5, 0.6) is 0 Å². The van der Waals surface area contributed by atoms with Gasteiger partial charge in [0.25, 0.3) is 5.91 Å². The third kappa shape index (κ3) is 3.45.